The van der Waals surface area contributed by atoms with Crippen molar-refractivity contribution in [3.8, 4) is 0 Å². The van der Waals surface area contributed by atoms with Crippen LogP contribution in [0.2, 0.25) is 5.02 Å². The Morgan fingerprint density at radius 3 is 2.71 bits per heavy atom. The monoisotopic (exact) mass is 304 g/mol. The summed E-state index contributed by atoms with van der Waals surface area (Å²) in [6.07, 6.45) is 5.31. The molecule has 114 valence electrons. The van der Waals surface area contributed by atoms with Gasteiger partial charge in [0.25, 0.3) is 0 Å². The molecule has 2 rings (SSSR count). The lowest BCUT2D eigenvalue weighted by Gasteiger charge is -2.23. The van der Waals surface area contributed by atoms with Crippen molar-refractivity contribution in [1.29, 1.82) is 0 Å². The predicted octanol–water partition coefficient (Wildman–Crippen LogP) is 5.82. The van der Waals surface area contributed by atoms with Gasteiger partial charge < -0.3 is 5.32 Å². The third kappa shape index (κ3) is 3.68. The maximum absolute atomic E-state index is 6.49. The molecular weight excluding hydrogens is 280 g/mol. The molecule has 2 unspecified atom stereocenters. The summed E-state index contributed by atoms with van der Waals surface area (Å²) in [5.41, 5.74) is 3.18. The first-order chi connectivity index (χ1) is 10.1. The Morgan fingerprint density at radius 2 is 2.05 bits per heavy atom. The number of aromatic nitrogens is 1. The summed E-state index contributed by atoms with van der Waals surface area (Å²) in [5.74, 6) is 0.719. The molecular formula is C18H25ClN2. The topological polar surface area (TPSA) is 24.9 Å². The fourth-order valence-corrected chi connectivity index (χ4v) is 3.03. The summed E-state index contributed by atoms with van der Waals surface area (Å²) in [7, 11) is 0. The SMILES string of the molecule is CCC(C)CC(CC)Nc1c(Cl)cc(C)c2ncccc12. The van der Waals surface area contributed by atoms with Crippen LogP contribution in [0.25, 0.3) is 10.9 Å². The number of benzene rings is 1. The second-order valence-electron chi connectivity index (χ2n) is 5.95. The average molecular weight is 305 g/mol. The Morgan fingerprint density at radius 1 is 1.29 bits per heavy atom. The maximum Gasteiger partial charge on any atom is 0.0752 e. The minimum absolute atomic E-state index is 0.448. The molecule has 0 fully saturated rings. The fraction of sp³-hybridized carbons (Fsp3) is 0.500. The second-order valence-corrected chi connectivity index (χ2v) is 6.36. The fourth-order valence-electron chi connectivity index (χ4n) is 2.71. The number of aryl methyl sites for hydroxylation is 1. The Balaban J connectivity index is 2.37. The molecule has 0 saturated heterocycles. The van der Waals surface area contributed by atoms with Crippen LogP contribution < -0.4 is 5.32 Å². The van der Waals surface area contributed by atoms with E-state index in [0.717, 1.165) is 39.5 Å². The molecule has 0 bridgehead atoms. The second kappa shape index (κ2) is 7.13. The van der Waals surface area contributed by atoms with Gasteiger partial charge in [-0.05, 0) is 49.4 Å². The highest BCUT2D eigenvalue weighted by molar-refractivity contribution is 6.35. The van der Waals surface area contributed by atoms with Crippen molar-refractivity contribution < 1.29 is 0 Å². The number of rotatable bonds is 6. The van der Waals surface area contributed by atoms with Gasteiger partial charge in [0.15, 0.2) is 0 Å². The first-order valence-electron chi connectivity index (χ1n) is 7.87. The average Bonchev–Trinajstić information content (AvgIpc) is 2.49. The van der Waals surface area contributed by atoms with Gasteiger partial charge in [-0.2, -0.15) is 0 Å². The number of anilines is 1. The summed E-state index contributed by atoms with van der Waals surface area (Å²) < 4.78 is 0. The van der Waals surface area contributed by atoms with Crippen molar-refractivity contribution in [3.05, 3.63) is 35.0 Å². The molecule has 1 aromatic carbocycles. The van der Waals surface area contributed by atoms with Crippen LogP contribution in [0.5, 0.6) is 0 Å². The van der Waals surface area contributed by atoms with Gasteiger partial charge >= 0.3 is 0 Å². The van der Waals surface area contributed by atoms with Crippen LogP contribution in [0.15, 0.2) is 24.4 Å². The predicted molar refractivity (Wildman–Crippen MR) is 93.3 cm³/mol. The lowest BCUT2D eigenvalue weighted by atomic mass is 9.97. The zero-order valence-electron chi connectivity index (χ0n) is 13.4. The molecule has 0 aliphatic carbocycles. The Kier molecular flexibility index (Phi) is 5.46. The van der Waals surface area contributed by atoms with E-state index in [9.17, 15) is 0 Å². The Labute approximate surface area is 132 Å². The summed E-state index contributed by atoms with van der Waals surface area (Å²) in [4.78, 5) is 4.49. The molecule has 1 aromatic heterocycles. The first kappa shape index (κ1) is 16.1. The van der Waals surface area contributed by atoms with E-state index in [1.807, 2.05) is 18.3 Å². The molecule has 21 heavy (non-hydrogen) atoms. The van der Waals surface area contributed by atoms with Crippen LogP contribution in [0, 0.1) is 12.8 Å². The molecule has 0 aliphatic rings. The summed E-state index contributed by atoms with van der Waals surface area (Å²) in [6, 6.07) is 6.52. The van der Waals surface area contributed by atoms with Gasteiger partial charge in [-0.15, -0.1) is 0 Å². The number of hydrogen-bond donors (Lipinski definition) is 1. The standard InChI is InChI=1S/C18H25ClN2/c1-5-12(3)10-14(6-2)21-18-15-8-7-9-20-17(15)13(4)11-16(18)19/h7-9,11-12,14,21H,5-6,10H2,1-4H3. The van der Waals surface area contributed by atoms with E-state index in [2.05, 4.69) is 44.1 Å². The van der Waals surface area contributed by atoms with E-state index < -0.39 is 0 Å². The van der Waals surface area contributed by atoms with E-state index in [4.69, 9.17) is 11.6 Å². The van der Waals surface area contributed by atoms with Crippen LogP contribution in [-0.4, -0.2) is 11.0 Å². The Hall–Kier alpha value is -1.28. The molecule has 0 amide bonds. The van der Waals surface area contributed by atoms with E-state index in [1.165, 1.54) is 12.8 Å². The molecule has 0 spiro atoms. The number of pyridine rings is 1. The molecule has 2 atom stereocenters. The van der Waals surface area contributed by atoms with Gasteiger partial charge in [0.05, 0.1) is 16.2 Å². The quantitative estimate of drug-likeness (QED) is 0.727. The minimum atomic E-state index is 0.448. The molecule has 3 heteroatoms. The molecule has 1 N–H and O–H groups in total. The molecule has 1 heterocycles. The molecule has 2 nitrogen and oxygen atoms in total. The summed E-state index contributed by atoms with van der Waals surface area (Å²) in [5, 5.41) is 5.56. The van der Waals surface area contributed by atoms with Crippen LogP contribution in [-0.2, 0) is 0 Å². The lowest BCUT2D eigenvalue weighted by Crippen LogP contribution is -2.21. The largest absolute Gasteiger partial charge is 0.381 e. The third-order valence-electron chi connectivity index (χ3n) is 4.26. The highest BCUT2D eigenvalue weighted by atomic mass is 35.5. The third-order valence-corrected chi connectivity index (χ3v) is 4.56. The number of halogens is 1. The molecule has 0 radical (unpaired) electrons. The smallest absolute Gasteiger partial charge is 0.0752 e. The van der Waals surface area contributed by atoms with E-state index in [1.54, 1.807) is 0 Å². The number of hydrogen-bond acceptors (Lipinski definition) is 2. The van der Waals surface area contributed by atoms with Crippen LogP contribution in [0.1, 0.15) is 45.6 Å². The lowest BCUT2D eigenvalue weighted by molar-refractivity contribution is 0.462. The number of fused-ring (bicyclic) bond motifs is 1. The van der Waals surface area contributed by atoms with Gasteiger partial charge in [-0.25, -0.2) is 0 Å². The van der Waals surface area contributed by atoms with Crippen molar-refractivity contribution in [1.82, 2.24) is 4.98 Å². The van der Waals surface area contributed by atoms with E-state index >= 15 is 0 Å². The zero-order chi connectivity index (χ0) is 15.4. The van der Waals surface area contributed by atoms with Gasteiger partial charge in [0.2, 0.25) is 0 Å². The van der Waals surface area contributed by atoms with Gasteiger partial charge in [-0.1, -0.05) is 38.8 Å². The van der Waals surface area contributed by atoms with Crippen LogP contribution in [0.3, 0.4) is 0 Å². The van der Waals surface area contributed by atoms with E-state index in [-0.39, 0.29) is 0 Å². The van der Waals surface area contributed by atoms with Crippen molar-refractivity contribution in [3.63, 3.8) is 0 Å². The minimum Gasteiger partial charge on any atom is -0.381 e. The number of nitrogens with one attached hydrogen (secondary N) is 1. The first-order valence-corrected chi connectivity index (χ1v) is 8.24. The van der Waals surface area contributed by atoms with Gasteiger partial charge in [-0.3, -0.25) is 4.98 Å². The van der Waals surface area contributed by atoms with Crippen molar-refractivity contribution >= 4 is 28.2 Å². The van der Waals surface area contributed by atoms with Crippen LogP contribution >= 0.6 is 11.6 Å². The molecule has 2 aromatic rings. The highest BCUT2D eigenvalue weighted by Crippen LogP contribution is 2.34. The number of nitrogens with zero attached hydrogens (tertiary/aromatic N) is 1. The zero-order valence-corrected chi connectivity index (χ0v) is 14.2. The maximum atomic E-state index is 6.49. The normalized spacial score (nSPS) is 14.1. The van der Waals surface area contributed by atoms with E-state index in [0.29, 0.717) is 6.04 Å². The van der Waals surface area contributed by atoms with Crippen molar-refractivity contribution in [2.45, 2.75) is 53.0 Å². The molecule has 0 saturated carbocycles. The van der Waals surface area contributed by atoms with Crippen LogP contribution in [0.4, 0.5) is 5.69 Å². The van der Waals surface area contributed by atoms with Crippen molar-refractivity contribution in [2.75, 3.05) is 5.32 Å². The summed E-state index contributed by atoms with van der Waals surface area (Å²) >= 11 is 6.49. The summed E-state index contributed by atoms with van der Waals surface area (Å²) in [6.45, 7) is 8.83. The van der Waals surface area contributed by atoms with Crippen molar-refractivity contribution in [2.24, 2.45) is 5.92 Å². The molecule has 0 aliphatic heterocycles. The van der Waals surface area contributed by atoms with Gasteiger partial charge in [0, 0.05) is 17.6 Å². The van der Waals surface area contributed by atoms with Gasteiger partial charge in [0.1, 0.15) is 0 Å². The Bertz CT molecular complexity index is 609. The highest BCUT2D eigenvalue weighted by Gasteiger charge is 2.15.